The van der Waals surface area contributed by atoms with Gasteiger partial charge in [-0.25, -0.2) is 0 Å². The lowest BCUT2D eigenvalue weighted by Crippen LogP contribution is -2.27. The van der Waals surface area contributed by atoms with Crippen LogP contribution in [-0.4, -0.2) is 18.4 Å². The number of anilines is 1. The number of hydrogen-bond donors (Lipinski definition) is 2. The summed E-state index contributed by atoms with van der Waals surface area (Å²) in [7, 11) is 0. The summed E-state index contributed by atoms with van der Waals surface area (Å²) in [5.74, 6) is -0.0969. The Kier molecular flexibility index (Phi) is 6.37. The molecule has 2 amide bonds. The average molecular weight is 326 g/mol. The molecular formula is C19H22N2O3. The second kappa shape index (κ2) is 8.72. The van der Waals surface area contributed by atoms with Gasteiger partial charge in [0.2, 0.25) is 11.8 Å². The molecule has 126 valence electrons. The van der Waals surface area contributed by atoms with E-state index in [-0.39, 0.29) is 18.2 Å². The van der Waals surface area contributed by atoms with Gasteiger partial charge in [0.25, 0.3) is 0 Å². The van der Waals surface area contributed by atoms with Crippen LogP contribution >= 0.6 is 0 Å². The van der Waals surface area contributed by atoms with E-state index in [1.807, 2.05) is 44.2 Å². The predicted octanol–water partition coefficient (Wildman–Crippen LogP) is 3.04. The highest BCUT2D eigenvalue weighted by Gasteiger charge is 2.11. The van der Waals surface area contributed by atoms with Crippen LogP contribution in [-0.2, 0) is 16.1 Å². The van der Waals surface area contributed by atoms with Crippen LogP contribution in [0, 0.1) is 6.92 Å². The van der Waals surface area contributed by atoms with Crippen LogP contribution in [0.4, 0.5) is 5.69 Å². The van der Waals surface area contributed by atoms with Crippen LogP contribution < -0.4 is 15.4 Å². The molecule has 2 rings (SSSR count). The van der Waals surface area contributed by atoms with Gasteiger partial charge in [0.1, 0.15) is 12.2 Å². The summed E-state index contributed by atoms with van der Waals surface area (Å²) in [6, 6.07) is 15.0. The maximum atomic E-state index is 12.0. The van der Waals surface area contributed by atoms with Gasteiger partial charge in [-0.05, 0) is 31.5 Å². The Morgan fingerprint density at radius 1 is 1.04 bits per heavy atom. The van der Waals surface area contributed by atoms with Crippen LogP contribution in [0.2, 0.25) is 0 Å². The van der Waals surface area contributed by atoms with Crippen LogP contribution in [0.1, 0.15) is 24.5 Å². The Labute approximate surface area is 142 Å². The standard InChI is InChI=1S/C19H22N2O3/c1-3-24-17-10-5-4-9-16(17)21-19(23)12-18(22)20-13-15-8-6-7-14(2)11-15/h4-11H,3,12-13H2,1-2H3,(H,20,22)(H,21,23). The molecule has 2 aromatic rings. The second-order valence-corrected chi connectivity index (χ2v) is 5.42. The van der Waals surface area contributed by atoms with Gasteiger partial charge < -0.3 is 15.4 Å². The smallest absolute Gasteiger partial charge is 0.233 e. The number of carbonyl (C=O) groups excluding carboxylic acids is 2. The molecule has 24 heavy (non-hydrogen) atoms. The first-order valence-corrected chi connectivity index (χ1v) is 7.92. The number of benzene rings is 2. The lowest BCUT2D eigenvalue weighted by molar-refractivity contribution is -0.126. The van der Waals surface area contributed by atoms with Crippen LogP contribution in [0.15, 0.2) is 48.5 Å². The average Bonchev–Trinajstić information content (AvgIpc) is 2.55. The van der Waals surface area contributed by atoms with Crippen LogP contribution in [0.5, 0.6) is 5.75 Å². The number of ether oxygens (including phenoxy) is 1. The molecule has 0 aliphatic carbocycles. The molecule has 0 bridgehead atoms. The molecule has 0 atom stereocenters. The fourth-order valence-electron chi connectivity index (χ4n) is 2.28. The number of aryl methyl sites for hydroxylation is 1. The molecule has 0 heterocycles. The van der Waals surface area contributed by atoms with Crippen molar-refractivity contribution in [2.45, 2.75) is 26.8 Å². The summed E-state index contributed by atoms with van der Waals surface area (Å²) in [6.07, 6.45) is -0.230. The zero-order chi connectivity index (χ0) is 17.4. The molecule has 5 heteroatoms. The zero-order valence-corrected chi connectivity index (χ0v) is 14.0. The highest BCUT2D eigenvalue weighted by Crippen LogP contribution is 2.23. The van der Waals surface area contributed by atoms with E-state index in [2.05, 4.69) is 10.6 Å². The Bertz CT molecular complexity index is 713. The van der Waals surface area contributed by atoms with E-state index in [1.54, 1.807) is 18.2 Å². The van der Waals surface area contributed by atoms with E-state index in [0.29, 0.717) is 24.6 Å². The monoisotopic (exact) mass is 326 g/mol. The van der Waals surface area contributed by atoms with Gasteiger partial charge in [-0.3, -0.25) is 9.59 Å². The molecule has 0 aliphatic rings. The normalized spacial score (nSPS) is 10.1. The lowest BCUT2D eigenvalue weighted by Gasteiger charge is -2.11. The summed E-state index contributed by atoms with van der Waals surface area (Å²) in [6.45, 7) is 4.78. The Hall–Kier alpha value is -2.82. The molecular weight excluding hydrogens is 304 g/mol. The van der Waals surface area contributed by atoms with Crippen molar-refractivity contribution in [2.24, 2.45) is 0 Å². The van der Waals surface area contributed by atoms with Gasteiger partial charge >= 0.3 is 0 Å². The van der Waals surface area contributed by atoms with Crippen molar-refractivity contribution >= 4 is 17.5 Å². The minimum absolute atomic E-state index is 0.230. The maximum Gasteiger partial charge on any atom is 0.233 e. The summed E-state index contributed by atoms with van der Waals surface area (Å²) < 4.78 is 5.44. The molecule has 0 aliphatic heterocycles. The largest absolute Gasteiger partial charge is 0.492 e. The Morgan fingerprint density at radius 2 is 1.83 bits per heavy atom. The number of rotatable bonds is 7. The minimum atomic E-state index is -0.371. The fourth-order valence-corrected chi connectivity index (χ4v) is 2.28. The summed E-state index contributed by atoms with van der Waals surface area (Å²) in [4.78, 5) is 23.9. The lowest BCUT2D eigenvalue weighted by atomic mass is 10.1. The molecule has 2 N–H and O–H groups in total. The van der Waals surface area contributed by atoms with Crippen molar-refractivity contribution in [1.29, 1.82) is 0 Å². The quantitative estimate of drug-likeness (QED) is 0.769. The van der Waals surface area contributed by atoms with E-state index in [0.717, 1.165) is 11.1 Å². The number of nitrogens with one attached hydrogen (secondary N) is 2. The summed E-state index contributed by atoms with van der Waals surface area (Å²) >= 11 is 0. The Balaban J connectivity index is 1.85. The molecule has 5 nitrogen and oxygen atoms in total. The Morgan fingerprint density at radius 3 is 2.58 bits per heavy atom. The van der Waals surface area contributed by atoms with Gasteiger partial charge in [0.15, 0.2) is 0 Å². The van der Waals surface area contributed by atoms with E-state index >= 15 is 0 Å². The van der Waals surface area contributed by atoms with Gasteiger partial charge in [0.05, 0.1) is 12.3 Å². The predicted molar refractivity (Wildman–Crippen MR) is 93.9 cm³/mol. The number of carbonyl (C=O) groups is 2. The number of hydrogen-bond acceptors (Lipinski definition) is 3. The van der Waals surface area contributed by atoms with E-state index in [9.17, 15) is 9.59 Å². The first-order valence-electron chi connectivity index (χ1n) is 7.92. The molecule has 0 radical (unpaired) electrons. The van der Waals surface area contributed by atoms with Crippen molar-refractivity contribution in [3.8, 4) is 5.75 Å². The maximum absolute atomic E-state index is 12.0. The fraction of sp³-hybridized carbons (Fsp3) is 0.263. The van der Waals surface area contributed by atoms with E-state index in [4.69, 9.17) is 4.74 Å². The van der Waals surface area contributed by atoms with Crippen molar-refractivity contribution in [3.63, 3.8) is 0 Å². The highest BCUT2D eigenvalue weighted by atomic mass is 16.5. The summed E-state index contributed by atoms with van der Waals surface area (Å²) in [5.41, 5.74) is 2.70. The van der Waals surface area contributed by atoms with Gasteiger partial charge in [-0.1, -0.05) is 42.0 Å². The minimum Gasteiger partial charge on any atom is -0.492 e. The van der Waals surface area contributed by atoms with E-state index < -0.39 is 0 Å². The third kappa shape index (κ3) is 5.43. The van der Waals surface area contributed by atoms with Crippen molar-refractivity contribution in [1.82, 2.24) is 5.32 Å². The molecule has 0 aromatic heterocycles. The van der Waals surface area contributed by atoms with E-state index in [1.165, 1.54) is 0 Å². The van der Waals surface area contributed by atoms with Crippen LogP contribution in [0.25, 0.3) is 0 Å². The van der Waals surface area contributed by atoms with Crippen molar-refractivity contribution < 1.29 is 14.3 Å². The van der Waals surface area contributed by atoms with Gasteiger partial charge in [0, 0.05) is 6.54 Å². The third-order valence-electron chi connectivity index (χ3n) is 3.35. The van der Waals surface area contributed by atoms with Crippen LogP contribution in [0.3, 0.4) is 0 Å². The van der Waals surface area contributed by atoms with Crippen molar-refractivity contribution in [3.05, 3.63) is 59.7 Å². The first-order chi connectivity index (χ1) is 11.6. The second-order valence-electron chi connectivity index (χ2n) is 5.42. The topological polar surface area (TPSA) is 67.4 Å². The molecule has 0 unspecified atom stereocenters. The zero-order valence-electron chi connectivity index (χ0n) is 14.0. The van der Waals surface area contributed by atoms with Gasteiger partial charge in [-0.2, -0.15) is 0 Å². The van der Waals surface area contributed by atoms with Gasteiger partial charge in [-0.15, -0.1) is 0 Å². The molecule has 0 saturated heterocycles. The SMILES string of the molecule is CCOc1ccccc1NC(=O)CC(=O)NCc1cccc(C)c1. The number of para-hydroxylation sites is 2. The first kappa shape index (κ1) is 17.5. The third-order valence-corrected chi connectivity index (χ3v) is 3.35. The van der Waals surface area contributed by atoms with Crippen molar-refractivity contribution in [2.75, 3.05) is 11.9 Å². The molecule has 0 saturated carbocycles. The molecule has 0 fully saturated rings. The summed E-state index contributed by atoms with van der Waals surface area (Å²) in [5, 5.41) is 5.46. The highest BCUT2D eigenvalue weighted by molar-refractivity contribution is 6.04. The number of amides is 2. The molecule has 2 aromatic carbocycles. The molecule has 0 spiro atoms.